The van der Waals surface area contributed by atoms with E-state index in [-0.39, 0.29) is 40.1 Å². The van der Waals surface area contributed by atoms with Crippen molar-refractivity contribution < 1.29 is 22.7 Å². The number of nitrogens with one attached hydrogen (secondary N) is 2. The number of anilines is 2. The summed E-state index contributed by atoms with van der Waals surface area (Å²) in [5, 5.41) is 10.4. The van der Waals surface area contributed by atoms with Crippen molar-refractivity contribution in [3.8, 4) is 11.4 Å². The van der Waals surface area contributed by atoms with E-state index in [2.05, 4.69) is 15.7 Å². The number of benzene rings is 2. The van der Waals surface area contributed by atoms with Gasteiger partial charge < -0.3 is 24.8 Å². The largest absolute Gasteiger partial charge is 0.416 e. The Morgan fingerprint density at radius 3 is 2.60 bits per heavy atom. The Hall–Kier alpha value is -3.94. The summed E-state index contributed by atoms with van der Waals surface area (Å²) < 4.78 is 49.7. The summed E-state index contributed by atoms with van der Waals surface area (Å²) in [4.78, 5) is 34.3. The maximum Gasteiger partial charge on any atom is 0.416 e. The topological polar surface area (TPSA) is 106 Å². The van der Waals surface area contributed by atoms with E-state index in [1.54, 1.807) is 4.57 Å². The van der Waals surface area contributed by atoms with Crippen LogP contribution < -0.4 is 21.1 Å². The number of rotatable bonds is 7. The van der Waals surface area contributed by atoms with Crippen LogP contribution in [0, 0.1) is 0 Å². The molecule has 4 aromatic rings. The van der Waals surface area contributed by atoms with Crippen LogP contribution in [0.5, 0.6) is 0 Å². The second-order valence-electron chi connectivity index (χ2n) is 11.6. The lowest BCUT2D eigenvalue weighted by Gasteiger charge is -2.31. The molecule has 0 unspecified atom stereocenters. The molecule has 3 aliphatic rings. The average molecular weight is 642 g/mol. The number of nitrogens with zero attached hydrogens (tertiary/aromatic N) is 5. The lowest BCUT2D eigenvalue weighted by Crippen LogP contribution is -2.47. The van der Waals surface area contributed by atoms with Crippen molar-refractivity contribution in [3.05, 3.63) is 73.7 Å². The lowest BCUT2D eigenvalue weighted by molar-refractivity contribution is -0.138. The van der Waals surface area contributed by atoms with Gasteiger partial charge in [-0.2, -0.15) is 22.7 Å². The summed E-state index contributed by atoms with van der Waals surface area (Å²) in [5.74, 6) is -0.226. The van der Waals surface area contributed by atoms with E-state index in [0.717, 1.165) is 17.2 Å². The summed E-state index contributed by atoms with van der Waals surface area (Å²) >= 11 is 6.28. The predicted molar refractivity (Wildman–Crippen MR) is 163 cm³/mol. The van der Waals surface area contributed by atoms with Crippen molar-refractivity contribution >= 4 is 34.7 Å². The molecule has 1 amide bonds. The van der Waals surface area contributed by atoms with Crippen LogP contribution in [0.3, 0.4) is 0 Å². The Morgan fingerprint density at radius 1 is 1.13 bits per heavy atom. The van der Waals surface area contributed by atoms with Crippen LogP contribution in [0.2, 0.25) is 5.02 Å². The molecule has 2 aliphatic heterocycles. The molecule has 0 radical (unpaired) electrons. The number of ether oxygens (including phenoxy) is 1. The monoisotopic (exact) mass is 641 g/mol. The molecule has 2 N–H and O–H groups in total. The number of alkyl halides is 3. The molecular weight excluding hydrogens is 611 g/mol. The fourth-order valence-corrected chi connectivity index (χ4v) is 6.46. The van der Waals surface area contributed by atoms with Gasteiger partial charge in [0.1, 0.15) is 12.2 Å². The minimum Gasteiger partial charge on any atom is -0.372 e. The zero-order valence-electron chi connectivity index (χ0n) is 24.5. The predicted octanol–water partition coefficient (Wildman–Crippen LogP) is 4.75. The van der Waals surface area contributed by atoms with Crippen LogP contribution in [-0.4, -0.2) is 51.3 Å². The van der Waals surface area contributed by atoms with Crippen LogP contribution in [0.1, 0.15) is 53.6 Å². The second-order valence-corrected chi connectivity index (χ2v) is 12.0. The van der Waals surface area contributed by atoms with Gasteiger partial charge in [0.05, 0.1) is 35.2 Å². The van der Waals surface area contributed by atoms with Gasteiger partial charge in [-0.3, -0.25) is 9.59 Å². The van der Waals surface area contributed by atoms with Crippen LogP contribution >= 0.6 is 11.6 Å². The molecule has 7 rings (SSSR count). The van der Waals surface area contributed by atoms with Gasteiger partial charge in [0.25, 0.3) is 5.56 Å². The van der Waals surface area contributed by atoms with Gasteiger partial charge in [0.2, 0.25) is 11.7 Å². The first kappa shape index (κ1) is 29.8. The van der Waals surface area contributed by atoms with E-state index in [1.807, 2.05) is 30.0 Å². The molecule has 0 spiro atoms. The zero-order valence-corrected chi connectivity index (χ0v) is 25.3. The fraction of sp³-hybridized carbons (Fsp3) is 0.419. The van der Waals surface area contributed by atoms with Crippen molar-refractivity contribution in [1.82, 2.24) is 24.5 Å². The van der Waals surface area contributed by atoms with Gasteiger partial charge in [0.15, 0.2) is 5.82 Å². The van der Waals surface area contributed by atoms with Crippen LogP contribution in [0.15, 0.2) is 35.1 Å². The van der Waals surface area contributed by atoms with Gasteiger partial charge in [0, 0.05) is 31.7 Å². The number of piperazine rings is 1. The maximum atomic E-state index is 14.0. The first-order valence-electron chi connectivity index (χ1n) is 15.0. The molecule has 10 nitrogen and oxygen atoms in total. The van der Waals surface area contributed by atoms with E-state index in [1.165, 1.54) is 10.6 Å². The normalized spacial score (nSPS) is 16.8. The minimum absolute atomic E-state index is 0.108. The molecule has 1 aliphatic carbocycles. The van der Waals surface area contributed by atoms with E-state index in [9.17, 15) is 22.8 Å². The Balaban J connectivity index is 1.30. The van der Waals surface area contributed by atoms with Crippen molar-refractivity contribution in [2.75, 3.05) is 36.4 Å². The Morgan fingerprint density at radius 2 is 1.89 bits per heavy atom. The molecule has 2 fully saturated rings. The van der Waals surface area contributed by atoms with E-state index in [0.29, 0.717) is 81.4 Å². The molecule has 0 bridgehead atoms. The summed E-state index contributed by atoms with van der Waals surface area (Å²) in [6.45, 7) is 5.22. The number of carbonyl (C=O) groups excluding carboxylic acids is 1. The number of halogens is 4. The molecule has 4 heterocycles. The standard InChI is InChI=1S/C31H31ClF3N7O3/c1-2-25-27(40-9-7-36-8-10-40)29(44)42-30(38-28(39-42)18-5-6-19-15-45-16-20(19)11-18)41(25)14-26(43)37-24-12-21(17-3-4-17)22(13-23(24)32)31(33,34)35/h5-6,11-13,17,36H,2-4,7-10,14-16H2,1H3,(H,37,43). The molecular formula is C31H31ClF3N7O3. The number of aromatic nitrogens is 4. The van der Waals surface area contributed by atoms with Crippen LogP contribution in [-0.2, 0) is 41.9 Å². The highest BCUT2D eigenvalue weighted by Gasteiger charge is 2.39. The van der Waals surface area contributed by atoms with Crippen LogP contribution in [0.4, 0.5) is 24.5 Å². The third kappa shape index (κ3) is 5.57. The first-order valence-corrected chi connectivity index (χ1v) is 15.4. The molecule has 2 aromatic heterocycles. The first-order chi connectivity index (χ1) is 21.6. The molecule has 0 atom stereocenters. The van der Waals surface area contributed by atoms with Gasteiger partial charge in [-0.1, -0.05) is 30.7 Å². The Bertz CT molecular complexity index is 1880. The summed E-state index contributed by atoms with van der Waals surface area (Å²) in [6.07, 6.45) is -2.84. The third-order valence-corrected chi connectivity index (χ3v) is 8.92. The number of amides is 1. The number of hydrogen-bond donors (Lipinski definition) is 2. The highest BCUT2D eigenvalue weighted by Crippen LogP contribution is 2.48. The minimum atomic E-state index is -4.56. The number of carbonyl (C=O) groups is 1. The van der Waals surface area contributed by atoms with Crippen LogP contribution in [0.25, 0.3) is 17.2 Å². The van der Waals surface area contributed by atoms with Gasteiger partial charge in [-0.05, 0) is 60.1 Å². The number of hydrogen-bond acceptors (Lipinski definition) is 7. The smallest absolute Gasteiger partial charge is 0.372 e. The average Bonchev–Trinajstić information content (AvgIpc) is 3.58. The van der Waals surface area contributed by atoms with Gasteiger partial charge in [-0.25, -0.2) is 0 Å². The summed E-state index contributed by atoms with van der Waals surface area (Å²) in [5.41, 5.74) is 3.01. The molecule has 1 saturated heterocycles. The van der Waals surface area contributed by atoms with Crippen molar-refractivity contribution in [1.29, 1.82) is 0 Å². The third-order valence-electron chi connectivity index (χ3n) is 8.61. The lowest BCUT2D eigenvalue weighted by atomic mass is 10.0. The SMILES string of the molecule is CCc1c(N2CCNCC2)c(=O)n2nc(-c3ccc4c(c3)COC4)nc2n1CC(=O)Nc1cc(C2CC2)c(C(F)(F)F)cc1Cl. The van der Waals surface area contributed by atoms with Crippen molar-refractivity contribution in [2.45, 2.75) is 58.0 Å². The highest BCUT2D eigenvalue weighted by atomic mass is 35.5. The second kappa shape index (κ2) is 11.5. The number of fused-ring (bicyclic) bond motifs is 2. The molecule has 2 aromatic carbocycles. The molecule has 1 saturated carbocycles. The van der Waals surface area contributed by atoms with Crippen molar-refractivity contribution in [3.63, 3.8) is 0 Å². The molecule has 236 valence electrons. The van der Waals surface area contributed by atoms with Crippen molar-refractivity contribution in [2.24, 2.45) is 0 Å². The quantitative estimate of drug-likeness (QED) is 0.300. The Kier molecular flexibility index (Phi) is 7.57. The van der Waals surface area contributed by atoms with E-state index >= 15 is 0 Å². The maximum absolute atomic E-state index is 14.0. The van der Waals surface area contributed by atoms with Gasteiger partial charge in [-0.15, -0.1) is 5.10 Å². The summed E-state index contributed by atoms with van der Waals surface area (Å²) in [6, 6.07) is 8.00. The fourth-order valence-electron chi connectivity index (χ4n) is 6.25. The summed E-state index contributed by atoms with van der Waals surface area (Å²) in [7, 11) is 0. The molecule has 14 heteroatoms. The van der Waals surface area contributed by atoms with Gasteiger partial charge >= 0.3 is 6.18 Å². The molecule has 45 heavy (non-hydrogen) atoms. The zero-order chi connectivity index (χ0) is 31.5. The van der Waals surface area contributed by atoms with E-state index < -0.39 is 17.6 Å². The van der Waals surface area contributed by atoms with E-state index in [4.69, 9.17) is 21.3 Å². The highest BCUT2D eigenvalue weighted by molar-refractivity contribution is 6.33. The Labute approximate surface area is 261 Å².